The van der Waals surface area contributed by atoms with E-state index in [9.17, 15) is 5.11 Å². The summed E-state index contributed by atoms with van der Waals surface area (Å²) in [6.45, 7) is 12.1. The summed E-state index contributed by atoms with van der Waals surface area (Å²) in [5.41, 5.74) is 1.47. The van der Waals surface area contributed by atoms with E-state index in [4.69, 9.17) is 4.74 Å². The number of halogens is 1. The number of hydrogen-bond acceptors (Lipinski definition) is 3. The molecule has 1 aliphatic rings. The summed E-state index contributed by atoms with van der Waals surface area (Å²) < 4.78 is 5.65. The minimum atomic E-state index is -0.616. The number of aliphatic imine (C=N–C) groups is 1. The van der Waals surface area contributed by atoms with Crippen molar-refractivity contribution in [2.45, 2.75) is 40.2 Å². The van der Waals surface area contributed by atoms with Gasteiger partial charge >= 0.3 is 0 Å². The second-order valence-electron chi connectivity index (χ2n) is 7.31. The van der Waals surface area contributed by atoms with Crippen LogP contribution in [0.3, 0.4) is 0 Å². The number of hydrogen-bond donors (Lipinski definition) is 2. The number of guanidine groups is 1. The Balaban J connectivity index is 0.00000312. The van der Waals surface area contributed by atoms with E-state index < -0.39 is 6.10 Å². The summed E-state index contributed by atoms with van der Waals surface area (Å²) in [6, 6.07) is 7.84. The maximum Gasteiger partial charge on any atom is 0.194 e. The van der Waals surface area contributed by atoms with Gasteiger partial charge in [0.25, 0.3) is 0 Å². The van der Waals surface area contributed by atoms with E-state index in [-0.39, 0.29) is 30.6 Å². The molecular formula is C19H32IN3O2. The second kappa shape index (κ2) is 10.2. The van der Waals surface area contributed by atoms with Gasteiger partial charge in [0.1, 0.15) is 18.5 Å². The molecule has 1 aromatic rings. The molecule has 6 heteroatoms. The minimum absolute atomic E-state index is 0. The molecule has 0 aliphatic carbocycles. The van der Waals surface area contributed by atoms with Gasteiger partial charge in [0, 0.05) is 19.6 Å². The topological polar surface area (TPSA) is 57.1 Å². The summed E-state index contributed by atoms with van der Waals surface area (Å²) in [5, 5.41) is 13.5. The van der Waals surface area contributed by atoms with Crippen molar-refractivity contribution >= 4 is 29.9 Å². The molecular weight excluding hydrogens is 429 g/mol. The van der Waals surface area contributed by atoms with E-state index in [0.717, 1.165) is 43.3 Å². The predicted octanol–water partition coefficient (Wildman–Crippen LogP) is 3.05. The molecule has 2 rings (SSSR count). The zero-order valence-electron chi connectivity index (χ0n) is 15.8. The lowest BCUT2D eigenvalue weighted by atomic mass is 9.93. The van der Waals surface area contributed by atoms with Crippen molar-refractivity contribution in [2.24, 2.45) is 10.4 Å². The van der Waals surface area contributed by atoms with Crippen molar-refractivity contribution in [3.8, 4) is 5.75 Å². The van der Waals surface area contributed by atoms with Gasteiger partial charge in [0.15, 0.2) is 5.96 Å². The molecule has 1 unspecified atom stereocenters. The lowest BCUT2D eigenvalue weighted by Gasteiger charge is -2.24. The Kier molecular flexibility index (Phi) is 8.99. The molecule has 1 saturated heterocycles. The third-order valence-corrected chi connectivity index (χ3v) is 4.20. The monoisotopic (exact) mass is 461 g/mol. The average molecular weight is 461 g/mol. The minimum Gasteiger partial charge on any atom is -0.491 e. The first-order valence-electron chi connectivity index (χ1n) is 8.80. The highest BCUT2D eigenvalue weighted by molar-refractivity contribution is 14.0. The normalized spacial score (nSPS) is 17.8. The number of aryl methyl sites for hydroxylation is 1. The highest BCUT2D eigenvalue weighted by atomic mass is 127. The Hall–Kier alpha value is -1.02. The number of rotatable bonds is 6. The van der Waals surface area contributed by atoms with Gasteiger partial charge < -0.3 is 20.1 Å². The fraction of sp³-hybridized carbons (Fsp3) is 0.632. The van der Waals surface area contributed by atoms with Gasteiger partial charge in [0.2, 0.25) is 0 Å². The van der Waals surface area contributed by atoms with Crippen LogP contribution in [-0.4, -0.2) is 54.9 Å². The van der Waals surface area contributed by atoms with Crippen molar-refractivity contribution in [1.29, 1.82) is 0 Å². The predicted molar refractivity (Wildman–Crippen MR) is 114 cm³/mol. The smallest absolute Gasteiger partial charge is 0.194 e. The number of aliphatic hydroxyl groups is 1. The molecule has 0 bridgehead atoms. The van der Waals surface area contributed by atoms with Crippen molar-refractivity contribution in [2.75, 3.05) is 32.8 Å². The van der Waals surface area contributed by atoms with Gasteiger partial charge in [-0.05, 0) is 43.4 Å². The Morgan fingerprint density at radius 2 is 2.20 bits per heavy atom. The maximum absolute atomic E-state index is 10.2. The summed E-state index contributed by atoms with van der Waals surface area (Å²) >= 11 is 0. The fourth-order valence-corrected chi connectivity index (χ4v) is 2.86. The number of aliphatic hydroxyl groups excluding tert-OH is 1. The molecule has 25 heavy (non-hydrogen) atoms. The molecule has 0 amide bonds. The Morgan fingerprint density at radius 1 is 1.44 bits per heavy atom. The van der Waals surface area contributed by atoms with Gasteiger partial charge in [-0.3, -0.25) is 4.99 Å². The molecule has 1 fully saturated rings. The van der Waals surface area contributed by atoms with Crippen molar-refractivity contribution < 1.29 is 9.84 Å². The Morgan fingerprint density at radius 3 is 2.80 bits per heavy atom. The Labute approximate surface area is 168 Å². The number of benzene rings is 1. The molecule has 1 atom stereocenters. The van der Waals surface area contributed by atoms with Crippen LogP contribution in [0.5, 0.6) is 5.75 Å². The van der Waals surface area contributed by atoms with Crippen LogP contribution in [0.4, 0.5) is 0 Å². The van der Waals surface area contributed by atoms with E-state index in [1.807, 2.05) is 31.2 Å². The highest BCUT2D eigenvalue weighted by Gasteiger charge is 2.30. The zero-order valence-corrected chi connectivity index (χ0v) is 18.1. The lowest BCUT2D eigenvalue weighted by Crippen LogP contribution is -2.41. The van der Waals surface area contributed by atoms with Crippen LogP contribution in [0.25, 0.3) is 0 Å². The van der Waals surface area contributed by atoms with Crippen molar-refractivity contribution in [3.63, 3.8) is 0 Å². The molecule has 1 aliphatic heterocycles. The number of nitrogens with zero attached hydrogens (tertiary/aromatic N) is 2. The van der Waals surface area contributed by atoms with Crippen LogP contribution >= 0.6 is 24.0 Å². The molecule has 1 heterocycles. The highest BCUT2D eigenvalue weighted by Crippen LogP contribution is 2.28. The first kappa shape index (κ1) is 22.0. The number of ether oxygens (including phenoxy) is 1. The molecule has 0 spiro atoms. The largest absolute Gasteiger partial charge is 0.491 e. The molecule has 5 nitrogen and oxygen atoms in total. The lowest BCUT2D eigenvalue weighted by molar-refractivity contribution is 0.114. The number of nitrogens with one attached hydrogen (secondary N) is 1. The zero-order chi connectivity index (χ0) is 17.6. The summed E-state index contributed by atoms with van der Waals surface area (Å²) in [4.78, 5) is 6.87. The van der Waals surface area contributed by atoms with Gasteiger partial charge in [0.05, 0.1) is 6.54 Å². The van der Waals surface area contributed by atoms with E-state index >= 15 is 0 Å². The van der Waals surface area contributed by atoms with Crippen molar-refractivity contribution in [1.82, 2.24) is 10.2 Å². The van der Waals surface area contributed by atoms with Crippen molar-refractivity contribution in [3.05, 3.63) is 29.8 Å². The van der Waals surface area contributed by atoms with Gasteiger partial charge in [-0.15, -0.1) is 24.0 Å². The van der Waals surface area contributed by atoms with Crippen LogP contribution < -0.4 is 10.1 Å². The number of likely N-dealkylation sites (tertiary alicyclic amines) is 1. The van der Waals surface area contributed by atoms with Gasteiger partial charge in [-0.1, -0.05) is 26.0 Å². The van der Waals surface area contributed by atoms with Crippen LogP contribution in [0.15, 0.2) is 29.3 Å². The molecule has 142 valence electrons. The van der Waals surface area contributed by atoms with Crippen LogP contribution in [0, 0.1) is 12.3 Å². The molecule has 1 aromatic carbocycles. The molecule has 0 aromatic heterocycles. The quantitative estimate of drug-likeness (QED) is 0.389. The average Bonchev–Trinajstić information content (AvgIpc) is 2.89. The first-order valence-corrected chi connectivity index (χ1v) is 8.80. The summed E-state index contributed by atoms with van der Waals surface area (Å²) in [7, 11) is 0. The van der Waals surface area contributed by atoms with Crippen LogP contribution in [0.2, 0.25) is 0 Å². The first-order chi connectivity index (χ1) is 11.4. The SMILES string of the molecule is CCNC(=NCC(O)COc1cccc(C)c1)N1CCC(C)(C)C1.I. The van der Waals surface area contributed by atoms with E-state index in [2.05, 4.69) is 36.0 Å². The summed E-state index contributed by atoms with van der Waals surface area (Å²) in [5.74, 6) is 1.67. The fourth-order valence-electron chi connectivity index (χ4n) is 2.86. The molecule has 0 radical (unpaired) electrons. The van der Waals surface area contributed by atoms with E-state index in [1.165, 1.54) is 0 Å². The molecule has 2 N–H and O–H groups in total. The molecule has 0 saturated carbocycles. The van der Waals surface area contributed by atoms with Crippen LogP contribution in [0.1, 0.15) is 32.8 Å². The van der Waals surface area contributed by atoms with E-state index in [1.54, 1.807) is 0 Å². The van der Waals surface area contributed by atoms with Gasteiger partial charge in [-0.25, -0.2) is 0 Å². The third kappa shape index (κ3) is 7.40. The van der Waals surface area contributed by atoms with Gasteiger partial charge in [-0.2, -0.15) is 0 Å². The van der Waals surface area contributed by atoms with E-state index in [0.29, 0.717) is 12.0 Å². The maximum atomic E-state index is 10.2. The second-order valence-corrected chi connectivity index (χ2v) is 7.31. The standard InChI is InChI=1S/C19H31N3O2.HI/c1-5-20-18(22-10-9-19(3,4)14-22)21-12-16(23)13-24-17-8-6-7-15(2)11-17;/h6-8,11,16,23H,5,9-10,12-14H2,1-4H3,(H,20,21);1H. The summed E-state index contributed by atoms with van der Waals surface area (Å²) in [6.07, 6.45) is 0.547. The Bertz CT molecular complexity index is 563. The third-order valence-electron chi connectivity index (χ3n) is 4.20. The van der Waals surface area contributed by atoms with Crippen LogP contribution in [-0.2, 0) is 0 Å².